The lowest BCUT2D eigenvalue weighted by Crippen LogP contribution is -2.21. The summed E-state index contributed by atoms with van der Waals surface area (Å²) < 4.78 is 10.1. The molecule has 0 unspecified atom stereocenters. The van der Waals surface area contributed by atoms with Gasteiger partial charge >= 0.3 is 5.97 Å². The van der Waals surface area contributed by atoms with E-state index in [2.05, 4.69) is 5.32 Å². The highest BCUT2D eigenvalue weighted by molar-refractivity contribution is 5.94. The van der Waals surface area contributed by atoms with Gasteiger partial charge in [-0.15, -0.1) is 0 Å². The standard InChI is InChI=1S/C19H20N2O6/c1-13-7-9-15(16(11-13)21(24)25)20-18(22)12-27-19(23)10-8-14-5-3-4-6-17(14)26-2/h3-7,9,11H,8,10,12H2,1-2H3,(H,20,22). The molecule has 0 saturated heterocycles. The first kappa shape index (κ1) is 19.9. The molecule has 0 aliphatic heterocycles. The monoisotopic (exact) mass is 372 g/mol. The number of hydrogen-bond donors (Lipinski definition) is 1. The van der Waals surface area contributed by atoms with Gasteiger partial charge in [0.2, 0.25) is 0 Å². The number of carbonyl (C=O) groups excluding carboxylic acids is 2. The van der Waals surface area contributed by atoms with Crippen LogP contribution in [0.15, 0.2) is 42.5 Å². The number of amides is 1. The predicted molar refractivity (Wildman–Crippen MR) is 98.7 cm³/mol. The van der Waals surface area contributed by atoms with E-state index in [1.54, 1.807) is 26.2 Å². The molecule has 0 bridgehead atoms. The van der Waals surface area contributed by atoms with Crippen LogP contribution in [-0.4, -0.2) is 30.5 Å². The van der Waals surface area contributed by atoms with E-state index in [1.165, 1.54) is 12.1 Å². The number of nitrogens with one attached hydrogen (secondary N) is 1. The zero-order chi connectivity index (χ0) is 19.8. The number of nitrogens with zero attached hydrogens (tertiary/aromatic N) is 1. The molecule has 0 heterocycles. The molecule has 0 aliphatic rings. The molecule has 2 aromatic carbocycles. The number of para-hydroxylation sites is 1. The summed E-state index contributed by atoms with van der Waals surface area (Å²) in [7, 11) is 1.55. The van der Waals surface area contributed by atoms with Crippen LogP contribution in [0, 0.1) is 17.0 Å². The van der Waals surface area contributed by atoms with E-state index < -0.39 is 23.4 Å². The summed E-state index contributed by atoms with van der Waals surface area (Å²) in [4.78, 5) is 34.2. The Morgan fingerprint density at radius 3 is 2.63 bits per heavy atom. The van der Waals surface area contributed by atoms with Crippen LogP contribution in [0.4, 0.5) is 11.4 Å². The van der Waals surface area contributed by atoms with Crippen molar-refractivity contribution >= 4 is 23.3 Å². The maximum absolute atomic E-state index is 11.9. The number of carbonyl (C=O) groups is 2. The lowest BCUT2D eigenvalue weighted by molar-refractivity contribution is -0.384. The lowest BCUT2D eigenvalue weighted by atomic mass is 10.1. The number of benzene rings is 2. The van der Waals surface area contributed by atoms with Gasteiger partial charge in [0.15, 0.2) is 6.61 Å². The van der Waals surface area contributed by atoms with Crippen LogP contribution in [-0.2, 0) is 20.7 Å². The molecule has 0 atom stereocenters. The summed E-state index contributed by atoms with van der Waals surface area (Å²) >= 11 is 0. The number of methoxy groups -OCH3 is 1. The van der Waals surface area contributed by atoms with E-state index >= 15 is 0 Å². The van der Waals surface area contributed by atoms with Crippen molar-refractivity contribution in [2.24, 2.45) is 0 Å². The topological polar surface area (TPSA) is 108 Å². The van der Waals surface area contributed by atoms with E-state index in [0.29, 0.717) is 17.7 Å². The summed E-state index contributed by atoms with van der Waals surface area (Å²) in [6.07, 6.45) is 0.492. The van der Waals surface area contributed by atoms with Crippen LogP contribution in [0.2, 0.25) is 0 Å². The van der Waals surface area contributed by atoms with E-state index in [1.807, 2.05) is 18.2 Å². The molecule has 0 radical (unpaired) electrons. The second-order valence-electron chi connectivity index (χ2n) is 5.80. The van der Waals surface area contributed by atoms with Gasteiger partial charge in [-0.05, 0) is 36.6 Å². The molecule has 1 amide bonds. The number of esters is 1. The van der Waals surface area contributed by atoms with Crippen molar-refractivity contribution in [2.75, 3.05) is 19.0 Å². The first-order chi connectivity index (χ1) is 12.9. The average Bonchev–Trinajstić information content (AvgIpc) is 2.66. The molecule has 0 fully saturated rings. The van der Waals surface area contributed by atoms with E-state index in [-0.39, 0.29) is 17.8 Å². The van der Waals surface area contributed by atoms with Crippen molar-refractivity contribution in [1.29, 1.82) is 0 Å². The highest BCUT2D eigenvalue weighted by Crippen LogP contribution is 2.25. The van der Waals surface area contributed by atoms with E-state index in [9.17, 15) is 19.7 Å². The fourth-order valence-electron chi connectivity index (χ4n) is 2.45. The average molecular weight is 372 g/mol. The molecule has 2 rings (SSSR count). The lowest BCUT2D eigenvalue weighted by Gasteiger charge is -2.09. The number of nitro benzene ring substituents is 1. The van der Waals surface area contributed by atoms with Gasteiger partial charge < -0.3 is 14.8 Å². The highest BCUT2D eigenvalue weighted by atomic mass is 16.6. The summed E-state index contributed by atoms with van der Waals surface area (Å²) in [5, 5.41) is 13.4. The van der Waals surface area contributed by atoms with Gasteiger partial charge in [-0.25, -0.2) is 0 Å². The van der Waals surface area contributed by atoms with Gasteiger partial charge in [-0.3, -0.25) is 19.7 Å². The van der Waals surface area contributed by atoms with E-state index in [4.69, 9.17) is 9.47 Å². The second kappa shape index (κ2) is 9.33. The summed E-state index contributed by atoms with van der Waals surface area (Å²) in [5.74, 6) is -0.517. The Morgan fingerprint density at radius 2 is 1.93 bits per heavy atom. The van der Waals surface area contributed by atoms with Gasteiger partial charge in [0, 0.05) is 12.5 Å². The molecule has 0 saturated carbocycles. The first-order valence-corrected chi connectivity index (χ1v) is 8.23. The Balaban J connectivity index is 1.85. The van der Waals surface area contributed by atoms with Crippen molar-refractivity contribution in [3.05, 3.63) is 63.7 Å². The molecule has 1 N–H and O–H groups in total. The van der Waals surface area contributed by atoms with Crippen LogP contribution in [0.25, 0.3) is 0 Å². The van der Waals surface area contributed by atoms with E-state index in [0.717, 1.165) is 5.56 Å². The van der Waals surface area contributed by atoms with Crippen LogP contribution in [0.5, 0.6) is 5.75 Å². The van der Waals surface area contributed by atoms with Crippen molar-refractivity contribution < 1.29 is 24.0 Å². The number of nitro groups is 1. The van der Waals surface area contributed by atoms with Gasteiger partial charge in [0.05, 0.1) is 12.0 Å². The maximum Gasteiger partial charge on any atom is 0.306 e. The quantitative estimate of drug-likeness (QED) is 0.433. The minimum absolute atomic E-state index is 0.0562. The molecule has 8 heteroatoms. The SMILES string of the molecule is COc1ccccc1CCC(=O)OCC(=O)Nc1ccc(C)cc1[N+](=O)[O-]. The Hall–Kier alpha value is -3.42. The fraction of sp³-hybridized carbons (Fsp3) is 0.263. The van der Waals surface area contributed by atoms with Gasteiger partial charge in [-0.1, -0.05) is 24.3 Å². The number of aryl methyl sites for hydroxylation is 2. The van der Waals surface area contributed by atoms with Gasteiger partial charge in [0.25, 0.3) is 11.6 Å². The fourth-order valence-corrected chi connectivity index (χ4v) is 2.45. The Kier molecular flexibility index (Phi) is 6.87. The Bertz CT molecular complexity index is 850. The van der Waals surface area contributed by atoms with Crippen molar-refractivity contribution in [2.45, 2.75) is 19.8 Å². The molecule has 8 nitrogen and oxygen atoms in total. The molecule has 0 spiro atoms. The molecule has 0 aliphatic carbocycles. The summed E-state index contributed by atoms with van der Waals surface area (Å²) in [6, 6.07) is 11.7. The number of ether oxygens (including phenoxy) is 2. The minimum Gasteiger partial charge on any atom is -0.496 e. The number of anilines is 1. The second-order valence-corrected chi connectivity index (χ2v) is 5.80. The van der Waals surface area contributed by atoms with Crippen molar-refractivity contribution in [3.63, 3.8) is 0 Å². The highest BCUT2D eigenvalue weighted by Gasteiger charge is 2.17. The molecule has 2 aromatic rings. The maximum atomic E-state index is 11.9. The van der Waals surface area contributed by atoms with Crippen LogP contribution < -0.4 is 10.1 Å². The van der Waals surface area contributed by atoms with Crippen molar-refractivity contribution in [3.8, 4) is 5.75 Å². The normalized spacial score (nSPS) is 10.1. The largest absolute Gasteiger partial charge is 0.496 e. The van der Waals surface area contributed by atoms with Crippen molar-refractivity contribution in [1.82, 2.24) is 0 Å². The summed E-state index contributed by atoms with van der Waals surface area (Å²) in [5.41, 5.74) is 1.39. The molecular formula is C19H20N2O6. The molecule has 0 aromatic heterocycles. The third-order valence-corrected chi connectivity index (χ3v) is 3.78. The zero-order valence-corrected chi connectivity index (χ0v) is 15.1. The molecule has 142 valence electrons. The number of rotatable bonds is 8. The Morgan fingerprint density at radius 1 is 1.19 bits per heavy atom. The van der Waals surface area contributed by atoms with Crippen LogP contribution in [0.3, 0.4) is 0 Å². The molecule has 27 heavy (non-hydrogen) atoms. The third-order valence-electron chi connectivity index (χ3n) is 3.78. The third kappa shape index (κ3) is 5.81. The zero-order valence-electron chi connectivity index (χ0n) is 15.1. The smallest absolute Gasteiger partial charge is 0.306 e. The van der Waals surface area contributed by atoms with Crippen LogP contribution >= 0.6 is 0 Å². The summed E-state index contributed by atoms with van der Waals surface area (Å²) in [6.45, 7) is 1.19. The molecular weight excluding hydrogens is 352 g/mol. The van der Waals surface area contributed by atoms with Gasteiger partial charge in [0.1, 0.15) is 11.4 Å². The predicted octanol–water partition coefficient (Wildman–Crippen LogP) is 3.03. The number of hydrogen-bond acceptors (Lipinski definition) is 6. The minimum atomic E-state index is -0.646. The Labute approximate surface area is 156 Å². The van der Waals surface area contributed by atoms with Gasteiger partial charge in [-0.2, -0.15) is 0 Å². The first-order valence-electron chi connectivity index (χ1n) is 8.23. The van der Waals surface area contributed by atoms with Crippen LogP contribution in [0.1, 0.15) is 17.5 Å².